The maximum atomic E-state index is 13.2. The topological polar surface area (TPSA) is 66.5 Å². The van der Waals surface area contributed by atoms with Crippen LogP contribution in [0.1, 0.15) is 24.9 Å². The van der Waals surface area contributed by atoms with Crippen LogP contribution in [0.25, 0.3) is 0 Å². The van der Waals surface area contributed by atoms with Crippen LogP contribution in [0.5, 0.6) is 0 Å². The number of nitrogens with zero attached hydrogens (tertiary/aromatic N) is 1. The molecule has 0 fully saturated rings. The van der Waals surface area contributed by atoms with Crippen LogP contribution in [-0.4, -0.2) is 31.4 Å². The molecule has 1 N–H and O–H groups in total. The number of nitrogens with one attached hydrogen (secondary N) is 1. The quantitative estimate of drug-likeness (QED) is 0.770. The Kier molecular flexibility index (Phi) is 6.75. The highest BCUT2D eigenvalue weighted by Crippen LogP contribution is 2.23. The van der Waals surface area contributed by atoms with Crippen LogP contribution in [-0.2, 0) is 14.8 Å². The largest absolute Gasteiger partial charge is 0.326 e. The third kappa shape index (κ3) is 5.52. The summed E-state index contributed by atoms with van der Waals surface area (Å²) in [7, 11) is -3.51. The van der Waals surface area contributed by atoms with Gasteiger partial charge in [-0.1, -0.05) is 41.9 Å². The van der Waals surface area contributed by atoms with Crippen LogP contribution >= 0.6 is 11.6 Å². The number of sulfonamides is 1. The van der Waals surface area contributed by atoms with Gasteiger partial charge in [-0.3, -0.25) is 4.79 Å². The highest BCUT2D eigenvalue weighted by molar-refractivity contribution is 7.88. The molecule has 2 rings (SSSR count). The van der Waals surface area contributed by atoms with Crippen molar-refractivity contribution in [1.82, 2.24) is 4.31 Å². The second-order valence-electron chi connectivity index (χ2n) is 5.89. The van der Waals surface area contributed by atoms with Crippen LogP contribution in [0.3, 0.4) is 0 Å². The predicted octanol–water partition coefficient (Wildman–Crippen LogP) is 3.83. The number of hydrogen-bond donors (Lipinski definition) is 1. The molecule has 1 unspecified atom stereocenters. The lowest BCUT2D eigenvalue weighted by molar-refractivity contribution is -0.116. The maximum Gasteiger partial charge on any atom is 0.225 e. The zero-order chi connectivity index (χ0) is 19.3. The normalized spacial score (nSPS) is 12.8. The van der Waals surface area contributed by atoms with E-state index in [0.29, 0.717) is 5.69 Å². The van der Waals surface area contributed by atoms with Gasteiger partial charge >= 0.3 is 0 Å². The SMILES string of the molecule is CC(c1ccccc1)N(CCC(=O)Nc1ccc(F)c(Cl)c1)S(C)(=O)=O. The molecule has 140 valence electrons. The van der Waals surface area contributed by atoms with Gasteiger partial charge in [-0.2, -0.15) is 4.31 Å². The van der Waals surface area contributed by atoms with Gasteiger partial charge in [-0.05, 0) is 30.7 Å². The minimum Gasteiger partial charge on any atom is -0.326 e. The molecular formula is C18H20ClFN2O3S. The summed E-state index contributed by atoms with van der Waals surface area (Å²) in [6, 6.07) is 12.6. The van der Waals surface area contributed by atoms with Crippen molar-refractivity contribution < 1.29 is 17.6 Å². The minimum absolute atomic E-state index is 0.0235. The second kappa shape index (κ2) is 8.62. The first-order chi connectivity index (χ1) is 12.2. The number of amides is 1. The second-order valence-corrected chi connectivity index (χ2v) is 8.23. The molecule has 0 aliphatic carbocycles. The fourth-order valence-corrected chi connectivity index (χ4v) is 3.85. The molecule has 0 aliphatic heterocycles. The predicted molar refractivity (Wildman–Crippen MR) is 101 cm³/mol. The lowest BCUT2D eigenvalue weighted by Gasteiger charge is -2.27. The van der Waals surface area contributed by atoms with Crippen molar-refractivity contribution in [3.63, 3.8) is 0 Å². The molecule has 0 bridgehead atoms. The van der Waals surface area contributed by atoms with Crippen LogP contribution < -0.4 is 5.32 Å². The summed E-state index contributed by atoms with van der Waals surface area (Å²) in [4.78, 5) is 12.1. The molecule has 1 amide bonds. The third-order valence-corrected chi connectivity index (χ3v) is 5.54. The Balaban J connectivity index is 2.05. The summed E-state index contributed by atoms with van der Waals surface area (Å²) in [6.07, 6.45) is 1.07. The number of rotatable bonds is 7. The highest BCUT2D eigenvalue weighted by atomic mass is 35.5. The summed E-state index contributed by atoms with van der Waals surface area (Å²) in [6.45, 7) is 1.80. The lowest BCUT2D eigenvalue weighted by Crippen LogP contribution is -2.35. The Bertz CT molecular complexity index is 875. The summed E-state index contributed by atoms with van der Waals surface area (Å²) in [5, 5.41) is 2.49. The zero-order valence-corrected chi connectivity index (χ0v) is 16.0. The standard InChI is InChI=1S/C18H20ClFN2O3S/c1-13(14-6-4-3-5-7-14)22(26(2,24)25)11-10-18(23)21-15-8-9-17(20)16(19)12-15/h3-9,12-13H,10-11H2,1-2H3,(H,21,23). The number of anilines is 1. The van der Waals surface area contributed by atoms with E-state index in [-0.39, 0.29) is 23.9 Å². The minimum atomic E-state index is -3.51. The monoisotopic (exact) mass is 398 g/mol. The first-order valence-corrected chi connectivity index (χ1v) is 10.2. The smallest absolute Gasteiger partial charge is 0.225 e. The molecule has 0 aromatic heterocycles. The zero-order valence-electron chi connectivity index (χ0n) is 14.4. The Hall–Kier alpha value is -1.96. The van der Waals surface area contributed by atoms with Crippen LogP contribution in [0, 0.1) is 5.82 Å². The van der Waals surface area contributed by atoms with Gasteiger partial charge in [-0.15, -0.1) is 0 Å². The van der Waals surface area contributed by atoms with Crippen molar-refractivity contribution >= 4 is 33.2 Å². The first kappa shape index (κ1) is 20.4. The van der Waals surface area contributed by atoms with E-state index in [2.05, 4.69) is 5.32 Å². The molecule has 2 aromatic rings. The Morgan fingerprint density at radius 2 is 1.88 bits per heavy atom. The number of hydrogen-bond acceptors (Lipinski definition) is 3. The van der Waals surface area contributed by atoms with Gasteiger partial charge in [0.2, 0.25) is 15.9 Å². The average Bonchev–Trinajstić information content (AvgIpc) is 2.58. The van der Waals surface area contributed by atoms with E-state index in [1.807, 2.05) is 30.3 Å². The molecule has 8 heteroatoms. The van der Waals surface area contributed by atoms with E-state index in [1.165, 1.54) is 16.4 Å². The summed E-state index contributed by atoms with van der Waals surface area (Å²) >= 11 is 5.68. The summed E-state index contributed by atoms with van der Waals surface area (Å²) in [5.74, 6) is -0.966. The maximum absolute atomic E-state index is 13.2. The number of benzene rings is 2. The van der Waals surface area contributed by atoms with Crippen molar-refractivity contribution in [2.45, 2.75) is 19.4 Å². The molecule has 0 radical (unpaired) electrons. The van der Waals surface area contributed by atoms with Crippen LogP contribution in [0.2, 0.25) is 5.02 Å². The van der Waals surface area contributed by atoms with Gasteiger partial charge in [0.05, 0.1) is 11.3 Å². The van der Waals surface area contributed by atoms with E-state index in [1.54, 1.807) is 6.92 Å². The van der Waals surface area contributed by atoms with Gasteiger partial charge in [-0.25, -0.2) is 12.8 Å². The van der Waals surface area contributed by atoms with Crippen LogP contribution in [0.4, 0.5) is 10.1 Å². The van der Waals surface area contributed by atoms with E-state index in [9.17, 15) is 17.6 Å². The molecule has 0 saturated heterocycles. The number of carbonyl (C=O) groups is 1. The highest BCUT2D eigenvalue weighted by Gasteiger charge is 2.25. The van der Waals surface area contributed by atoms with Crippen LogP contribution in [0.15, 0.2) is 48.5 Å². The fraction of sp³-hybridized carbons (Fsp3) is 0.278. The molecule has 5 nitrogen and oxygen atoms in total. The first-order valence-electron chi connectivity index (χ1n) is 7.95. The van der Waals surface area contributed by atoms with Crippen molar-refractivity contribution in [1.29, 1.82) is 0 Å². The van der Waals surface area contributed by atoms with E-state index in [4.69, 9.17) is 11.6 Å². The molecule has 1 atom stereocenters. The van der Waals surface area contributed by atoms with Gasteiger partial charge in [0.1, 0.15) is 5.82 Å². The molecular weight excluding hydrogens is 379 g/mol. The molecule has 2 aromatic carbocycles. The van der Waals surface area contributed by atoms with Crippen molar-refractivity contribution in [3.8, 4) is 0 Å². The average molecular weight is 399 g/mol. The lowest BCUT2D eigenvalue weighted by atomic mass is 10.1. The third-order valence-electron chi connectivity index (χ3n) is 3.90. The van der Waals surface area contributed by atoms with E-state index < -0.39 is 21.9 Å². The van der Waals surface area contributed by atoms with Crippen molar-refractivity contribution in [3.05, 3.63) is 64.9 Å². The number of carbonyl (C=O) groups excluding carboxylic acids is 1. The van der Waals surface area contributed by atoms with Gasteiger partial charge in [0.15, 0.2) is 0 Å². The Morgan fingerprint density at radius 1 is 1.23 bits per heavy atom. The Morgan fingerprint density at radius 3 is 2.46 bits per heavy atom. The fourth-order valence-electron chi connectivity index (χ4n) is 2.55. The van der Waals surface area contributed by atoms with Crippen molar-refractivity contribution in [2.75, 3.05) is 18.1 Å². The van der Waals surface area contributed by atoms with E-state index >= 15 is 0 Å². The molecule has 0 aliphatic rings. The molecule has 0 heterocycles. The van der Waals surface area contributed by atoms with Crippen molar-refractivity contribution in [2.24, 2.45) is 0 Å². The van der Waals surface area contributed by atoms with Gasteiger partial charge in [0, 0.05) is 24.7 Å². The van der Waals surface area contributed by atoms with E-state index in [0.717, 1.165) is 17.9 Å². The molecule has 26 heavy (non-hydrogen) atoms. The number of halogens is 2. The van der Waals surface area contributed by atoms with Gasteiger partial charge < -0.3 is 5.32 Å². The Labute approximate surface area is 157 Å². The molecule has 0 spiro atoms. The molecule has 0 saturated carbocycles. The van der Waals surface area contributed by atoms with Gasteiger partial charge in [0.25, 0.3) is 0 Å². The summed E-state index contributed by atoms with van der Waals surface area (Å²) < 4.78 is 38.7. The summed E-state index contributed by atoms with van der Waals surface area (Å²) in [5.41, 5.74) is 1.19.